The van der Waals surface area contributed by atoms with E-state index in [2.05, 4.69) is 14.9 Å². The fourth-order valence-corrected chi connectivity index (χ4v) is 2.39. The topological polar surface area (TPSA) is 74.8 Å². The number of aromatic nitrogens is 2. The molecule has 5 nitrogen and oxygen atoms in total. The summed E-state index contributed by atoms with van der Waals surface area (Å²) in [6.45, 7) is 0.0627. The summed E-state index contributed by atoms with van der Waals surface area (Å²) in [5, 5.41) is 6.24. The Hall–Kier alpha value is -1.73. The van der Waals surface area contributed by atoms with Crippen molar-refractivity contribution in [1.82, 2.24) is 14.9 Å². The molecule has 0 radical (unpaired) electrons. The van der Waals surface area contributed by atoms with E-state index in [4.69, 9.17) is 0 Å². The molecular formula is C10H10FN3O2S. The third-order valence-electron chi connectivity index (χ3n) is 2.15. The third-order valence-corrected chi connectivity index (χ3v) is 3.58. The molecule has 0 aliphatic rings. The minimum Gasteiger partial charge on any atom is -0.285 e. The summed E-state index contributed by atoms with van der Waals surface area (Å²) in [5.41, 5.74) is 0.671. The van der Waals surface area contributed by atoms with Crippen molar-refractivity contribution in [1.29, 1.82) is 0 Å². The largest absolute Gasteiger partial charge is 0.285 e. The van der Waals surface area contributed by atoms with Crippen LogP contribution in [0.25, 0.3) is 0 Å². The standard InChI is InChI=1S/C10H10FN3O2S/c11-9-3-1-2-4-10(9)17(15,16)14-7-8-5-12-13-6-8/h1-6,14H,7H2,(H,12,13). The Balaban J connectivity index is 2.17. The molecule has 0 saturated carbocycles. The number of H-pyrrole nitrogens is 1. The van der Waals surface area contributed by atoms with Gasteiger partial charge in [-0.25, -0.2) is 17.5 Å². The fourth-order valence-electron chi connectivity index (χ4n) is 1.29. The minimum absolute atomic E-state index is 0.0627. The molecule has 1 aromatic carbocycles. The molecule has 0 aliphatic carbocycles. The van der Waals surface area contributed by atoms with Gasteiger partial charge in [-0.05, 0) is 12.1 Å². The van der Waals surface area contributed by atoms with Gasteiger partial charge in [0.25, 0.3) is 0 Å². The van der Waals surface area contributed by atoms with Gasteiger partial charge in [-0.3, -0.25) is 5.10 Å². The van der Waals surface area contributed by atoms with Gasteiger partial charge in [0.1, 0.15) is 10.7 Å². The Morgan fingerprint density at radius 1 is 1.35 bits per heavy atom. The van der Waals surface area contributed by atoms with Gasteiger partial charge in [0.05, 0.1) is 6.20 Å². The maximum Gasteiger partial charge on any atom is 0.243 e. The third kappa shape index (κ3) is 2.69. The summed E-state index contributed by atoms with van der Waals surface area (Å²) in [4.78, 5) is -0.358. The number of halogens is 1. The maximum absolute atomic E-state index is 13.3. The lowest BCUT2D eigenvalue weighted by Crippen LogP contribution is -2.23. The smallest absolute Gasteiger partial charge is 0.243 e. The molecule has 7 heteroatoms. The van der Waals surface area contributed by atoms with Crippen LogP contribution in [0.1, 0.15) is 5.56 Å². The molecule has 0 unspecified atom stereocenters. The first kappa shape index (κ1) is 11.7. The molecule has 0 amide bonds. The maximum atomic E-state index is 13.3. The highest BCUT2D eigenvalue weighted by atomic mass is 32.2. The second kappa shape index (κ2) is 4.64. The van der Waals surface area contributed by atoms with Crippen LogP contribution in [-0.4, -0.2) is 18.6 Å². The van der Waals surface area contributed by atoms with Crippen molar-refractivity contribution in [2.75, 3.05) is 0 Å². The van der Waals surface area contributed by atoms with E-state index in [0.717, 1.165) is 6.07 Å². The zero-order chi connectivity index (χ0) is 12.3. The molecule has 0 atom stereocenters. The minimum atomic E-state index is -3.83. The summed E-state index contributed by atoms with van der Waals surface area (Å²) in [7, 11) is -3.83. The first-order valence-corrected chi connectivity index (χ1v) is 6.30. The molecule has 17 heavy (non-hydrogen) atoms. The van der Waals surface area contributed by atoms with Crippen molar-refractivity contribution < 1.29 is 12.8 Å². The van der Waals surface area contributed by atoms with Gasteiger partial charge in [0.2, 0.25) is 10.0 Å². The lowest BCUT2D eigenvalue weighted by Gasteiger charge is -2.06. The van der Waals surface area contributed by atoms with Gasteiger partial charge in [-0.15, -0.1) is 0 Å². The van der Waals surface area contributed by atoms with Crippen molar-refractivity contribution in [3.05, 3.63) is 48.0 Å². The fraction of sp³-hybridized carbons (Fsp3) is 0.100. The summed E-state index contributed by atoms with van der Waals surface area (Å²) in [5.74, 6) is -0.771. The normalized spacial score (nSPS) is 11.6. The number of hydrogen-bond acceptors (Lipinski definition) is 3. The van der Waals surface area contributed by atoms with E-state index in [-0.39, 0.29) is 11.4 Å². The Morgan fingerprint density at radius 2 is 2.12 bits per heavy atom. The average Bonchev–Trinajstić information content (AvgIpc) is 2.80. The summed E-state index contributed by atoms with van der Waals surface area (Å²) in [6.07, 6.45) is 3.05. The van der Waals surface area contributed by atoms with Crippen LogP contribution in [0.2, 0.25) is 0 Å². The van der Waals surface area contributed by atoms with E-state index in [0.29, 0.717) is 5.56 Å². The number of nitrogens with zero attached hydrogens (tertiary/aromatic N) is 1. The van der Waals surface area contributed by atoms with Crippen LogP contribution < -0.4 is 4.72 Å². The molecule has 1 aromatic heterocycles. The Kier molecular flexibility index (Phi) is 3.21. The molecular weight excluding hydrogens is 245 g/mol. The van der Waals surface area contributed by atoms with Gasteiger partial charge in [0, 0.05) is 18.3 Å². The first-order chi connectivity index (χ1) is 8.09. The summed E-state index contributed by atoms with van der Waals surface area (Å²) < 4.78 is 39.1. The predicted octanol–water partition coefficient (Wildman–Crippen LogP) is 1.03. The van der Waals surface area contributed by atoms with E-state index < -0.39 is 15.8 Å². The molecule has 0 aliphatic heterocycles. The SMILES string of the molecule is O=S(=O)(NCc1cn[nH]c1)c1ccccc1F. The Bertz CT molecular complexity index is 596. The number of nitrogens with one attached hydrogen (secondary N) is 2. The Morgan fingerprint density at radius 3 is 2.76 bits per heavy atom. The van der Waals surface area contributed by atoms with Crippen molar-refractivity contribution in [3.63, 3.8) is 0 Å². The van der Waals surface area contributed by atoms with Crippen LogP contribution in [0.3, 0.4) is 0 Å². The van der Waals surface area contributed by atoms with Gasteiger partial charge in [-0.2, -0.15) is 5.10 Å². The monoisotopic (exact) mass is 255 g/mol. The van der Waals surface area contributed by atoms with E-state index in [1.165, 1.54) is 24.4 Å². The van der Waals surface area contributed by atoms with Crippen LogP contribution in [0.15, 0.2) is 41.6 Å². The molecule has 2 aromatic rings. The van der Waals surface area contributed by atoms with E-state index >= 15 is 0 Å². The Labute approximate surface area is 97.7 Å². The molecule has 90 valence electrons. The summed E-state index contributed by atoms with van der Waals surface area (Å²) in [6, 6.07) is 5.22. The van der Waals surface area contributed by atoms with E-state index in [1.54, 1.807) is 6.20 Å². The average molecular weight is 255 g/mol. The van der Waals surface area contributed by atoms with Gasteiger partial charge >= 0.3 is 0 Å². The number of aromatic amines is 1. The highest BCUT2D eigenvalue weighted by molar-refractivity contribution is 7.89. The second-order valence-corrected chi connectivity index (χ2v) is 5.10. The van der Waals surface area contributed by atoms with Crippen LogP contribution in [-0.2, 0) is 16.6 Å². The molecule has 2 rings (SSSR count). The predicted molar refractivity (Wildman–Crippen MR) is 59.0 cm³/mol. The zero-order valence-corrected chi connectivity index (χ0v) is 9.54. The van der Waals surface area contributed by atoms with Crippen LogP contribution in [0.4, 0.5) is 4.39 Å². The lowest BCUT2D eigenvalue weighted by molar-refractivity contribution is 0.557. The molecule has 1 heterocycles. The first-order valence-electron chi connectivity index (χ1n) is 4.81. The van der Waals surface area contributed by atoms with Crippen molar-refractivity contribution in [2.45, 2.75) is 11.4 Å². The summed E-state index contributed by atoms with van der Waals surface area (Å²) >= 11 is 0. The van der Waals surface area contributed by atoms with Gasteiger partial charge in [-0.1, -0.05) is 12.1 Å². The van der Waals surface area contributed by atoms with Crippen LogP contribution in [0.5, 0.6) is 0 Å². The number of benzene rings is 1. The van der Waals surface area contributed by atoms with Crippen molar-refractivity contribution in [3.8, 4) is 0 Å². The number of sulfonamides is 1. The molecule has 0 bridgehead atoms. The molecule has 0 spiro atoms. The molecule has 2 N–H and O–H groups in total. The molecule has 0 fully saturated rings. The lowest BCUT2D eigenvalue weighted by atomic mass is 10.3. The van der Waals surface area contributed by atoms with E-state index in [1.807, 2.05) is 0 Å². The quantitative estimate of drug-likeness (QED) is 0.856. The van der Waals surface area contributed by atoms with Crippen LogP contribution in [0, 0.1) is 5.82 Å². The highest BCUT2D eigenvalue weighted by Gasteiger charge is 2.17. The zero-order valence-electron chi connectivity index (χ0n) is 8.72. The van der Waals surface area contributed by atoms with Gasteiger partial charge < -0.3 is 0 Å². The van der Waals surface area contributed by atoms with Crippen molar-refractivity contribution >= 4 is 10.0 Å². The van der Waals surface area contributed by atoms with E-state index in [9.17, 15) is 12.8 Å². The van der Waals surface area contributed by atoms with Crippen LogP contribution >= 0.6 is 0 Å². The highest BCUT2D eigenvalue weighted by Crippen LogP contribution is 2.13. The molecule has 0 saturated heterocycles. The number of rotatable bonds is 4. The van der Waals surface area contributed by atoms with Crippen molar-refractivity contribution in [2.24, 2.45) is 0 Å². The second-order valence-electron chi connectivity index (χ2n) is 3.36. The van der Waals surface area contributed by atoms with Gasteiger partial charge in [0.15, 0.2) is 0 Å². The number of hydrogen-bond donors (Lipinski definition) is 2.